The molecule has 0 saturated heterocycles. The molecule has 3 aromatic carbocycles. The highest BCUT2D eigenvalue weighted by Crippen LogP contribution is 2.21. The van der Waals surface area contributed by atoms with E-state index in [2.05, 4.69) is 5.32 Å². The van der Waals surface area contributed by atoms with Gasteiger partial charge in [0.05, 0.1) is 6.42 Å². The maximum absolute atomic E-state index is 14.4. The van der Waals surface area contributed by atoms with E-state index < -0.39 is 11.9 Å². The molecule has 1 aliphatic rings. The molecule has 0 unspecified atom stereocenters. The van der Waals surface area contributed by atoms with Crippen molar-refractivity contribution in [2.24, 2.45) is 0 Å². The zero-order chi connectivity index (χ0) is 25.3. The third-order valence-corrected chi connectivity index (χ3v) is 7.04. The number of amides is 2. The van der Waals surface area contributed by atoms with Crippen LogP contribution in [0.1, 0.15) is 48.8 Å². The van der Waals surface area contributed by atoms with E-state index in [9.17, 15) is 14.0 Å². The van der Waals surface area contributed by atoms with Crippen LogP contribution in [0.4, 0.5) is 4.39 Å². The minimum Gasteiger partial charge on any atom is -0.352 e. The molecule has 4 nitrogen and oxygen atoms in total. The van der Waals surface area contributed by atoms with Gasteiger partial charge in [-0.3, -0.25) is 9.59 Å². The molecule has 2 amide bonds. The van der Waals surface area contributed by atoms with Crippen molar-refractivity contribution < 1.29 is 14.0 Å². The lowest BCUT2D eigenvalue weighted by Crippen LogP contribution is -2.53. The molecular formula is C30H32ClFN2O2. The lowest BCUT2D eigenvalue weighted by Gasteiger charge is -2.33. The number of nitrogens with one attached hydrogen (secondary N) is 1. The Labute approximate surface area is 217 Å². The minimum atomic E-state index is -0.732. The maximum Gasteiger partial charge on any atom is 0.243 e. The second-order valence-electron chi connectivity index (χ2n) is 9.47. The highest BCUT2D eigenvalue weighted by molar-refractivity contribution is 6.30. The predicted molar refractivity (Wildman–Crippen MR) is 141 cm³/mol. The van der Waals surface area contributed by atoms with Gasteiger partial charge in [0, 0.05) is 24.0 Å². The quantitative estimate of drug-likeness (QED) is 0.380. The normalized spacial score (nSPS) is 14.7. The molecule has 0 bridgehead atoms. The second-order valence-corrected chi connectivity index (χ2v) is 9.90. The number of carbonyl (C=O) groups is 2. The van der Waals surface area contributed by atoms with Crippen molar-refractivity contribution in [3.8, 4) is 0 Å². The Balaban J connectivity index is 1.65. The van der Waals surface area contributed by atoms with Gasteiger partial charge in [-0.1, -0.05) is 91.5 Å². The number of benzene rings is 3. The average molecular weight is 507 g/mol. The van der Waals surface area contributed by atoms with Gasteiger partial charge in [-0.05, 0) is 47.7 Å². The standard InChI is InChI=1S/C30H32ClFN2O2/c31-25-17-15-23(16-18-25)21-34(29(35)20-24-11-7-8-14-27(24)32)28(19-22-9-3-1-4-10-22)30(36)33-26-12-5-2-6-13-26/h1,3-4,7-11,14-18,26,28H,2,5-6,12-13,19-21H2,(H,33,36)/t28-/m1/s1. The second kappa shape index (κ2) is 12.7. The van der Waals surface area contributed by atoms with Gasteiger partial charge in [-0.15, -0.1) is 0 Å². The monoisotopic (exact) mass is 506 g/mol. The summed E-state index contributed by atoms with van der Waals surface area (Å²) < 4.78 is 14.4. The molecular weight excluding hydrogens is 475 g/mol. The van der Waals surface area contributed by atoms with Crippen molar-refractivity contribution in [2.45, 2.75) is 63.6 Å². The van der Waals surface area contributed by atoms with Crippen molar-refractivity contribution in [3.63, 3.8) is 0 Å². The molecule has 1 atom stereocenters. The fourth-order valence-electron chi connectivity index (χ4n) is 4.79. The van der Waals surface area contributed by atoms with E-state index in [1.807, 2.05) is 42.5 Å². The van der Waals surface area contributed by atoms with E-state index in [0.29, 0.717) is 17.0 Å². The lowest BCUT2D eigenvalue weighted by atomic mass is 9.94. The topological polar surface area (TPSA) is 49.4 Å². The van der Waals surface area contributed by atoms with Gasteiger partial charge in [0.1, 0.15) is 11.9 Å². The third-order valence-electron chi connectivity index (χ3n) is 6.79. The summed E-state index contributed by atoms with van der Waals surface area (Å²) in [5.74, 6) is -0.889. The van der Waals surface area contributed by atoms with Gasteiger partial charge in [0.15, 0.2) is 0 Å². The van der Waals surface area contributed by atoms with Crippen LogP contribution in [0.3, 0.4) is 0 Å². The van der Waals surface area contributed by atoms with E-state index in [1.54, 1.807) is 35.2 Å². The van der Waals surface area contributed by atoms with Gasteiger partial charge < -0.3 is 10.2 Å². The number of carbonyl (C=O) groups excluding carboxylic acids is 2. The van der Waals surface area contributed by atoms with Crippen LogP contribution < -0.4 is 5.32 Å². The van der Waals surface area contributed by atoms with Gasteiger partial charge in [0.2, 0.25) is 11.8 Å². The molecule has 1 N–H and O–H groups in total. The fraction of sp³-hybridized carbons (Fsp3) is 0.333. The van der Waals surface area contributed by atoms with Gasteiger partial charge in [-0.25, -0.2) is 4.39 Å². The Bertz CT molecular complexity index is 1150. The summed E-state index contributed by atoms with van der Waals surface area (Å²) >= 11 is 6.08. The summed E-state index contributed by atoms with van der Waals surface area (Å²) in [5.41, 5.74) is 2.13. The summed E-state index contributed by atoms with van der Waals surface area (Å²) in [7, 11) is 0. The summed E-state index contributed by atoms with van der Waals surface area (Å²) in [4.78, 5) is 29.0. The number of hydrogen-bond acceptors (Lipinski definition) is 2. The number of rotatable bonds is 9. The van der Waals surface area contributed by atoms with Gasteiger partial charge >= 0.3 is 0 Å². The van der Waals surface area contributed by atoms with Crippen LogP contribution in [-0.4, -0.2) is 28.8 Å². The Kier molecular flexibility index (Phi) is 9.12. The Morgan fingerprint density at radius 2 is 1.56 bits per heavy atom. The lowest BCUT2D eigenvalue weighted by molar-refractivity contribution is -0.141. The molecule has 1 saturated carbocycles. The molecule has 0 aromatic heterocycles. The molecule has 1 aliphatic carbocycles. The summed E-state index contributed by atoms with van der Waals surface area (Å²) in [6.45, 7) is 0.222. The summed E-state index contributed by atoms with van der Waals surface area (Å²) in [6.07, 6.45) is 5.51. The van der Waals surface area contributed by atoms with Gasteiger partial charge in [-0.2, -0.15) is 0 Å². The molecule has 0 aliphatic heterocycles. The summed E-state index contributed by atoms with van der Waals surface area (Å²) in [6, 6.07) is 22.6. The Morgan fingerprint density at radius 1 is 0.889 bits per heavy atom. The number of halogens is 2. The first kappa shape index (κ1) is 25.9. The van der Waals surface area contributed by atoms with Crippen molar-refractivity contribution in [2.75, 3.05) is 0 Å². The van der Waals surface area contributed by atoms with E-state index in [-0.39, 0.29) is 30.8 Å². The van der Waals surface area contributed by atoms with Gasteiger partial charge in [0.25, 0.3) is 0 Å². The first-order valence-electron chi connectivity index (χ1n) is 12.6. The van der Waals surface area contributed by atoms with Crippen LogP contribution in [0.15, 0.2) is 78.9 Å². The molecule has 0 radical (unpaired) electrons. The maximum atomic E-state index is 14.4. The fourth-order valence-corrected chi connectivity index (χ4v) is 4.92. The highest BCUT2D eigenvalue weighted by atomic mass is 35.5. The molecule has 6 heteroatoms. The average Bonchev–Trinajstić information content (AvgIpc) is 2.89. The van der Waals surface area contributed by atoms with Crippen LogP contribution >= 0.6 is 11.6 Å². The zero-order valence-electron chi connectivity index (χ0n) is 20.3. The molecule has 4 rings (SSSR count). The largest absolute Gasteiger partial charge is 0.352 e. The van der Waals surface area contributed by atoms with Crippen molar-refractivity contribution in [3.05, 3.63) is 106 Å². The van der Waals surface area contributed by atoms with Crippen LogP contribution in [-0.2, 0) is 29.0 Å². The van der Waals surface area contributed by atoms with Crippen LogP contribution in [0.2, 0.25) is 5.02 Å². The first-order valence-corrected chi connectivity index (χ1v) is 13.0. The van der Waals surface area contributed by atoms with Crippen molar-refractivity contribution in [1.82, 2.24) is 10.2 Å². The number of nitrogens with zero attached hydrogens (tertiary/aromatic N) is 1. The SMILES string of the molecule is O=C(NC1CCCCC1)[C@@H](Cc1ccccc1)N(Cc1ccc(Cl)cc1)C(=O)Cc1ccccc1F. The van der Waals surface area contributed by atoms with Crippen molar-refractivity contribution in [1.29, 1.82) is 0 Å². The minimum absolute atomic E-state index is 0.114. The van der Waals surface area contributed by atoms with Crippen LogP contribution in [0.5, 0.6) is 0 Å². The van der Waals surface area contributed by atoms with Crippen LogP contribution in [0.25, 0.3) is 0 Å². The molecule has 3 aromatic rings. The zero-order valence-corrected chi connectivity index (χ0v) is 21.1. The predicted octanol–water partition coefficient (Wildman–Crippen LogP) is 6.11. The van der Waals surface area contributed by atoms with Crippen molar-refractivity contribution >= 4 is 23.4 Å². The number of hydrogen-bond donors (Lipinski definition) is 1. The molecule has 0 spiro atoms. The molecule has 188 valence electrons. The molecule has 1 fully saturated rings. The first-order chi connectivity index (χ1) is 17.5. The third kappa shape index (κ3) is 7.17. The van der Waals surface area contributed by atoms with E-state index in [1.165, 1.54) is 12.5 Å². The highest BCUT2D eigenvalue weighted by Gasteiger charge is 2.32. The van der Waals surface area contributed by atoms with E-state index in [0.717, 1.165) is 36.8 Å². The smallest absolute Gasteiger partial charge is 0.243 e. The van der Waals surface area contributed by atoms with E-state index >= 15 is 0 Å². The Hall–Kier alpha value is -3.18. The van der Waals surface area contributed by atoms with Crippen LogP contribution in [0, 0.1) is 5.82 Å². The summed E-state index contributed by atoms with van der Waals surface area (Å²) in [5, 5.41) is 3.81. The van der Waals surface area contributed by atoms with E-state index in [4.69, 9.17) is 11.6 Å². The Morgan fingerprint density at radius 3 is 2.25 bits per heavy atom. The molecule has 0 heterocycles. The molecule has 36 heavy (non-hydrogen) atoms.